The molecular weight excluding hydrogens is 783 g/mol. The molecule has 296 valence electrons. The molecule has 0 N–H and O–H groups in total. The summed E-state index contributed by atoms with van der Waals surface area (Å²) in [5, 5.41) is 4.63. The molecule has 12 aromatic rings. The fourth-order valence-electron chi connectivity index (χ4n) is 9.25. The van der Waals surface area contributed by atoms with Gasteiger partial charge in [0.25, 0.3) is 0 Å². The zero-order valence-corrected chi connectivity index (χ0v) is 35.1. The number of anilines is 3. The van der Waals surface area contributed by atoms with E-state index in [1.54, 1.807) is 0 Å². The number of hydrogen-bond acceptors (Lipinski definition) is 3. The van der Waals surface area contributed by atoms with Gasteiger partial charge in [-0.05, 0) is 93.0 Å². The molecule has 10 aromatic carbocycles. The van der Waals surface area contributed by atoms with Crippen LogP contribution in [0.15, 0.2) is 241 Å². The van der Waals surface area contributed by atoms with E-state index in [1.807, 2.05) is 11.3 Å². The average molecular weight is 822 g/mol. The lowest BCUT2D eigenvalue weighted by molar-refractivity contribution is 0.670. The van der Waals surface area contributed by atoms with Crippen LogP contribution in [0.5, 0.6) is 0 Å². The fourth-order valence-corrected chi connectivity index (χ4v) is 10.5. The molecule has 2 heterocycles. The molecule has 0 aliphatic rings. The van der Waals surface area contributed by atoms with Crippen molar-refractivity contribution in [3.05, 3.63) is 237 Å². The molecule has 0 aliphatic carbocycles. The first kappa shape index (κ1) is 36.8. The van der Waals surface area contributed by atoms with Crippen molar-refractivity contribution in [3.8, 4) is 55.6 Å². The minimum Gasteiger partial charge on any atom is -0.455 e. The highest BCUT2D eigenvalue weighted by Gasteiger charge is 2.27. The van der Waals surface area contributed by atoms with Gasteiger partial charge in [0.15, 0.2) is 0 Å². The molecule has 0 unspecified atom stereocenters. The molecule has 2 aromatic heterocycles. The molecule has 63 heavy (non-hydrogen) atoms. The summed E-state index contributed by atoms with van der Waals surface area (Å²) < 4.78 is 9.60. The van der Waals surface area contributed by atoms with Crippen LogP contribution in [0.1, 0.15) is 0 Å². The third-order valence-corrected chi connectivity index (χ3v) is 13.5. The zero-order chi connectivity index (χ0) is 41.7. The number of hydrogen-bond donors (Lipinski definition) is 0. The minimum absolute atomic E-state index is 0.854. The quantitative estimate of drug-likeness (QED) is 0.152. The molecule has 0 fully saturated rings. The van der Waals surface area contributed by atoms with Crippen LogP contribution in [0, 0.1) is 0 Å². The van der Waals surface area contributed by atoms with Gasteiger partial charge in [0.05, 0.1) is 27.1 Å². The van der Waals surface area contributed by atoms with Crippen LogP contribution in [-0.4, -0.2) is 0 Å². The number of rotatable bonds is 8. The van der Waals surface area contributed by atoms with Gasteiger partial charge in [0.2, 0.25) is 0 Å². The highest BCUT2D eigenvalue weighted by Crippen LogP contribution is 2.52. The summed E-state index contributed by atoms with van der Waals surface area (Å²) in [5.74, 6) is 0. The van der Waals surface area contributed by atoms with Crippen LogP contribution in [0.2, 0.25) is 0 Å². The van der Waals surface area contributed by atoms with Crippen molar-refractivity contribution >= 4 is 70.5 Å². The maximum absolute atomic E-state index is 7.12. The normalized spacial score (nSPS) is 11.5. The maximum Gasteiger partial charge on any atom is 0.145 e. The molecule has 0 spiro atoms. The van der Waals surface area contributed by atoms with Crippen molar-refractivity contribution < 1.29 is 4.42 Å². The first-order valence-electron chi connectivity index (χ1n) is 21.4. The van der Waals surface area contributed by atoms with E-state index in [-0.39, 0.29) is 0 Å². The van der Waals surface area contributed by atoms with Crippen molar-refractivity contribution in [2.24, 2.45) is 0 Å². The first-order chi connectivity index (χ1) is 31.2. The van der Waals surface area contributed by atoms with Crippen LogP contribution in [0.4, 0.5) is 17.1 Å². The second kappa shape index (κ2) is 15.5. The van der Waals surface area contributed by atoms with Gasteiger partial charge in [-0.3, -0.25) is 0 Å². The molecule has 0 amide bonds. The Morgan fingerprint density at radius 2 is 0.825 bits per heavy atom. The summed E-state index contributed by atoms with van der Waals surface area (Å²) in [7, 11) is 0. The lowest BCUT2D eigenvalue weighted by atomic mass is 9.95. The molecular formula is C60H39NOS. The lowest BCUT2D eigenvalue weighted by Crippen LogP contribution is -2.12. The maximum atomic E-state index is 7.12. The Hall–Kier alpha value is -7.98. The minimum atomic E-state index is 0.854. The molecule has 2 nitrogen and oxygen atoms in total. The van der Waals surface area contributed by atoms with E-state index in [4.69, 9.17) is 4.42 Å². The molecule has 0 saturated carbocycles. The third kappa shape index (κ3) is 6.50. The van der Waals surface area contributed by atoms with Crippen molar-refractivity contribution in [2.45, 2.75) is 0 Å². The predicted octanol–water partition coefficient (Wildman–Crippen LogP) is 17.8. The number of nitrogens with zero attached hydrogens (tertiary/aromatic N) is 1. The smallest absolute Gasteiger partial charge is 0.145 e. The van der Waals surface area contributed by atoms with Gasteiger partial charge in [-0.15, -0.1) is 11.3 Å². The van der Waals surface area contributed by atoms with Crippen LogP contribution < -0.4 is 4.90 Å². The van der Waals surface area contributed by atoms with Crippen LogP contribution in [0.3, 0.4) is 0 Å². The molecule has 12 rings (SSSR count). The van der Waals surface area contributed by atoms with E-state index in [0.717, 1.165) is 72.4 Å². The summed E-state index contributed by atoms with van der Waals surface area (Å²) >= 11 is 1.86. The largest absolute Gasteiger partial charge is 0.455 e. The van der Waals surface area contributed by atoms with Gasteiger partial charge < -0.3 is 9.32 Å². The Bertz CT molecular complexity index is 3600. The van der Waals surface area contributed by atoms with Gasteiger partial charge in [-0.1, -0.05) is 188 Å². The third-order valence-electron chi connectivity index (χ3n) is 12.3. The SMILES string of the molecule is c1ccc(-c2ccc(N(c3cccc4c3sc3cc(-c5ccccc5)ccc34)c3ccc(-c4ccccc4)c4oc5cc(-c6ccccc6)ccc5c34)c(-c3ccccc3)c2)cc1. The van der Waals surface area contributed by atoms with Crippen molar-refractivity contribution in [1.82, 2.24) is 0 Å². The number of furan rings is 1. The van der Waals surface area contributed by atoms with E-state index in [0.29, 0.717) is 0 Å². The number of benzene rings is 10. The fraction of sp³-hybridized carbons (Fsp3) is 0. The summed E-state index contributed by atoms with van der Waals surface area (Å²) in [4.78, 5) is 2.50. The Morgan fingerprint density at radius 3 is 1.44 bits per heavy atom. The van der Waals surface area contributed by atoms with Crippen molar-refractivity contribution in [1.29, 1.82) is 0 Å². The van der Waals surface area contributed by atoms with Gasteiger partial charge >= 0.3 is 0 Å². The molecule has 3 heteroatoms. The average Bonchev–Trinajstić information content (AvgIpc) is 3.94. The van der Waals surface area contributed by atoms with Gasteiger partial charge in [0.1, 0.15) is 11.2 Å². The highest BCUT2D eigenvalue weighted by atomic mass is 32.1. The second-order valence-electron chi connectivity index (χ2n) is 16.0. The van der Waals surface area contributed by atoms with Crippen molar-refractivity contribution in [2.75, 3.05) is 4.90 Å². The molecule has 0 bridgehead atoms. The van der Waals surface area contributed by atoms with Crippen LogP contribution in [-0.2, 0) is 0 Å². The standard InChI is InChI=1S/C60H39NOS/c1-6-17-40(18-7-1)45-31-35-53(52(37-45)44-25-14-5-15-26-44)61(55-28-16-27-50-49-32-29-47(39-57(49)63-60(50)55)42-21-10-3-11-22-42)54-36-34-48(43-23-12-4-13-24-43)59-58(54)51-33-30-46(38-56(51)62-59)41-19-8-2-9-20-41/h1-39H. The Balaban J connectivity index is 1.17. The van der Waals surface area contributed by atoms with Gasteiger partial charge in [-0.25, -0.2) is 0 Å². The van der Waals surface area contributed by atoms with E-state index in [2.05, 4.69) is 241 Å². The molecule has 0 saturated heterocycles. The van der Waals surface area contributed by atoms with Crippen molar-refractivity contribution in [3.63, 3.8) is 0 Å². The van der Waals surface area contributed by atoms with E-state index >= 15 is 0 Å². The second-order valence-corrected chi connectivity index (χ2v) is 17.1. The molecule has 0 atom stereocenters. The Labute approximate surface area is 370 Å². The van der Waals surface area contributed by atoms with E-state index in [9.17, 15) is 0 Å². The summed E-state index contributed by atoms with van der Waals surface area (Å²) in [6, 6.07) is 85.3. The molecule has 0 radical (unpaired) electrons. The Kier molecular flexibility index (Phi) is 9.06. The zero-order valence-electron chi connectivity index (χ0n) is 34.3. The molecule has 0 aliphatic heterocycles. The summed E-state index contributed by atoms with van der Waals surface area (Å²) in [6.07, 6.45) is 0. The first-order valence-corrected chi connectivity index (χ1v) is 22.2. The lowest BCUT2D eigenvalue weighted by Gasteiger charge is -2.30. The van der Waals surface area contributed by atoms with Gasteiger partial charge in [0, 0.05) is 32.0 Å². The van der Waals surface area contributed by atoms with Crippen LogP contribution in [0.25, 0.3) is 97.7 Å². The van der Waals surface area contributed by atoms with Crippen LogP contribution >= 0.6 is 11.3 Å². The number of thiophene rings is 1. The topological polar surface area (TPSA) is 16.4 Å². The monoisotopic (exact) mass is 821 g/mol. The summed E-state index contributed by atoms with van der Waals surface area (Å²) in [6.45, 7) is 0. The Morgan fingerprint density at radius 1 is 0.317 bits per heavy atom. The van der Waals surface area contributed by atoms with E-state index < -0.39 is 0 Å². The number of fused-ring (bicyclic) bond motifs is 6. The van der Waals surface area contributed by atoms with Gasteiger partial charge in [-0.2, -0.15) is 0 Å². The van der Waals surface area contributed by atoms with E-state index in [1.165, 1.54) is 42.4 Å². The predicted molar refractivity (Wildman–Crippen MR) is 268 cm³/mol. The summed E-state index contributed by atoms with van der Waals surface area (Å²) in [5.41, 5.74) is 16.5. The highest BCUT2D eigenvalue weighted by molar-refractivity contribution is 7.26.